The Labute approximate surface area is 153 Å². The van der Waals surface area contributed by atoms with Crippen molar-refractivity contribution in [2.24, 2.45) is 0 Å². The molecule has 1 N–H and O–H groups in total. The van der Waals surface area contributed by atoms with Crippen molar-refractivity contribution in [3.05, 3.63) is 35.9 Å². The van der Waals surface area contributed by atoms with Crippen LogP contribution in [-0.4, -0.2) is 41.8 Å². The van der Waals surface area contributed by atoms with Gasteiger partial charge >= 0.3 is 17.9 Å². The Morgan fingerprint density at radius 1 is 0.962 bits per heavy atom. The summed E-state index contributed by atoms with van der Waals surface area (Å²) in [6.07, 6.45) is -0.109. The maximum absolute atomic E-state index is 11.6. The number of ether oxygens (including phenoxy) is 3. The molecule has 0 heterocycles. The molecule has 0 fully saturated rings. The molecule has 0 aliphatic heterocycles. The normalized spacial score (nSPS) is 12.7. The molecule has 0 saturated heterocycles. The van der Waals surface area contributed by atoms with Gasteiger partial charge in [-0.3, -0.25) is 4.79 Å². The highest BCUT2D eigenvalue weighted by Crippen LogP contribution is 2.06. The lowest BCUT2D eigenvalue weighted by atomic mass is 10.2. The number of carbonyl (C=O) groups is 3. The highest BCUT2D eigenvalue weighted by atomic mass is 16.6. The van der Waals surface area contributed by atoms with E-state index in [2.05, 4.69) is 0 Å². The van der Waals surface area contributed by atoms with Crippen LogP contribution in [-0.2, 0) is 35.2 Å². The molecule has 0 aliphatic rings. The molecule has 0 saturated carbocycles. The lowest BCUT2D eigenvalue weighted by molar-refractivity contribution is -0.171. The predicted molar refractivity (Wildman–Crippen MR) is 92.9 cm³/mol. The molecule has 2 atom stereocenters. The fraction of sp³-hybridized carbons (Fsp3) is 0.526. The molecule has 0 amide bonds. The number of rotatable bonds is 11. The van der Waals surface area contributed by atoms with Crippen molar-refractivity contribution in [2.75, 3.05) is 6.61 Å². The average molecular weight is 366 g/mol. The summed E-state index contributed by atoms with van der Waals surface area (Å²) in [6.45, 7) is 3.07. The summed E-state index contributed by atoms with van der Waals surface area (Å²) in [5.74, 6) is -1.80. The molecule has 0 aliphatic carbocycles. The zero-order valence-corrected chi connectivity index (χ0v) is 15.2. The van der Waals surface area contributed by atoms with E-state index in [1.807, 2.05) is 30.3 Å². The van der Waals surface area contributed by atoms with Crippen molar-refractivity contribution in [3.8, 4) is 0 Å². The number of esters is 3. The molecule has 1 aromatic rings. The quantitative estimate of drug-likeness (QED) is 0.364. The van der Waals surface area contributed by atoms with Gasteiger partial charge < -0.3 is 19.3 Å². The minimum Gasteiger partial charge on any atom is -0.463 e. The van der Waals surface area contributed by atoms with Gasteiger partial charge in [0, 0.05) is 6.42 Å². The molecule has 2 unspecified atom stereocenters. The Hall–Kier alpha value is -2.41. The number of benzene rings is 1. The van der Waals surface area contributed by atoms with Gasteiger partial charge in [0.1, 0.15) is 12.7 Å². The number of hydrogen-bond donors (Lipinski definition) is 1. The molecule has 1 rings (SSSR count). The van der Waals surface area contributed by atoms with Crippen molar-refractivity contribution < 1.29 is 33.7 Å². The van der Waals surface area contributed by atoms with Crippen molar-refractivity contribution >= 4 is 17.9 Å². The summed E-state index contributed by atoms with van der Waals surface area (Å²) in [4.78, 5) is 34.4. The summed E-state index contributed by atoms with van der Waals surface area (Å²) >= 11 is 0. The van der Waals surface area contributed by atoms with Crippen LogP contribution in [0.2, 0.25) is 0 Å². The molecule has 0 spiro atoms. The minimum absolute atomic E-state index is 0.175. The summed E-state index contributed by atoms with van der Waals surface area (Å²) in [7, 11) is 0. The van der Waals surface area contributed by atoms with E-state index in [0.717, 1.165) is 5.56 Å². The molecule has 7 nitrogen and oxygen atoms in total. The van der Waals surface area contributed by atoms with E-state index in [9.17, 15) is 14.4 Å². The molecule has 1 aromatic carbocycles. The van der Waals surface area contributed by atoms with Crippen LogP contribution in [0.3, 0.4) is 0 Å². The Kier molecular flexibility index (Phi) is 10.0. The summed E-state index contributed by atoms with van der Waals surface area (Å²) in [5, 5.41) is 9.01. The van der Waals surface area contributed by atoms with Gasteiger partial charge in [-0.25, -0.2) is 9.59 Å². The smallest absolute Gasteiger partial charge is 0.347 e. The van der Waals surface area contributed by atoms with Crippen molar-refractivity contribution in [2.45, 2.75) is 58.3 Å². The van der Waals surface area contributed by atoms with E-state index in [1.54, 1.807) is 0 Å². The van der Waals surface area contributed by atoms with E-state index < -0.39 is 24.1 Å². The first-order chi connectivity index (χ1) is 12.4. The molecular weight excluding hydrogens is 340 g/mol. The van der Waals surface area contributed by atoms with Crippen molar-refractivity contribution in [1.82, 2.24) is 0 Å². The SMILES string of the molecule is CC(O)C(=O)OC(C)C(=O)OCCCCCC(=O)OCc1ccccc1. The van der Waals surface area contributed by atoms with Gasteiger partial charge in [0.2, 0.25) is 0 Å². The molecular formula is C19H26O7. The topological polar surface area (TPSA) is 99.1 Å². The van der Waals surface area contributed by atoms with Crippen LogP contribution in [0.15, 0.2) is 30.3 Å². The molecule has 26 heavy (non-hydrogen) atoms. The van der Waals surface area contributed by atoms with E-state index >= 15 is 0 Å². The van der Waals surface area contributed by atoms with Crippen LogP contribution in [0.5, 0.6) is 0 Å². The van der Waals surface area contributed by atoms with Gasteiger partial charge in [-0.05, 0) is 38.7 Å². The highest BCUT2D eigenvalue weighted by Gasteiger charge is 2.21. The Balaban J connectivity index is 2.05. The lowest BCUT2D eigenvalue weighted by Gasteiger charge is -2.13. The van der Waals surface area contributed by atoms with Gasteiger partial charge in [-0.2, -0.15) is 0 Å². The first-order valence-electron chi connectivity index (χ1n) is 8.65. The number of aliphatic hydroxyl groups is 1. The first kappa shape index (κ1) is 21.6. The predicted octanol–water partition coefficient (Wildman–Crippen LogP) is 2.15. The minimum atomic E-state index is -1.29. The summed E-state index contributed by atoms with van der Waals surface area (Å²) in [6, 6.07) is 9.45. The van der Waals surface area contributed by atoms with Crippen LogP contribution < -0.4 is 0 Å². The standard InChI is InChI=1S/C19H26O7/c1-14(20)18(22)26-15(2)19(23)24-12-8-4-7-11-17(21)25-13-16-9-5-3-6-10-16/h3,5-6,9-10,14-15,20H,4,7-8,11-13H2,1-2H3. The van der Waals surface area contributed by atoms with Gasteiger partial charge in [-0.15, -0.1) is 0 Å². The van der Waals surface area contributed by atoms with Gasteiger partial charge in [0.05, 0.1) is 6.61 Å². The van der Waals surface area contributed by atoms with E-state index in [0.29, 0.717) is 25.7 Å². The maximum Gasteiger partial charge on any atom is 0.347 e. The fourth-order valence-corrected chi connectivity index (χ4v) is 1.97. The third-order valence-electron chi connectivity index (χ3n) is 3.48. The second kappa shape index (κ2) is 12.0. The molecule has 144 valence electrons. The fourth-order valence-electron chi connectivity index (χ4n) is 1.97. The van der Waals surface area contributed by atoms with E-state index in [4.69, 9.17) is 19.3 Å². The number of hydrogen-bond acceptors (Lipinski definition) is 7. The molecule has 0 bridgehead atoms. The van der Waals surface area contributed by atoms with Crippen LogP contribution >= 0.6 is 0 Å². The average Bonchev–Trinajstić information content (AvgIpc) is 2.63. The Bertz CT molecular complexity index is 569. The third-order valence-corrected chi connectivity index (χ3v) is 3.48. The summed E-state index contributed by atoms with van der Waals surface area (Å²) in [5.41, 5.74) is 0.943. The lowest BCUT2D eigenvalue weighted by Crippen LogP contribution is -2.30. The number of aliphatic hydroxyl groups excluding tert-OH is 1. The van der Waals surface area contributed by atoms with Crippen molar-refractivity contribution in [3.63, 3.8) is 0 Å². The largest absolute Gasteiger partial charge is 0.463 e. The van der Waals surface area contributed by atoms with Crippen LogP contribution in [0.4, 0.5) is 0 Å². The number of carbonyl (C=O) groups excluding carboxylic acids is 3. The number of unbranched alkanes of at least 4 members (excludes halogenated alkanes) is 2. The maximum atomic E-state index is 11.6. The van der Waals surface area contributed by atoms with Gasteiger partial charge in [-0.1, -0.05) is 30.3 Å². The zero-order chi connectivity index (χ0) is 19.4. The van der Waals surface area contributed by atoms with Crippen molar-refractivity contribution in [1.29, 1.82) is 0 Å². The first-order valence-corrected chi connectivity index (χ1v) is 8.65. The molecule has 7 heteroatoms. The Morgan fingerprint density at radius 2 is 1.65 bits per heavy atom. The zero-order valence-electron chi connectivity index (χ0n) is 15.2. The molecule has 0 radical (unpaired) electrons. The van der Waals surface area contributed by atoms with Gasteiger partial charge in [0.15, 0.2) is 6.10 Å². The third kappa shape index (κ3) is 9.17. The second-order valence-electron chi connectivity index (χ2n) is 5.88. The van der Waals surface area contributed by atoms with Crippen LogP contribution in [0, 0.1) is 0 Å². The summed E-state index contributed by atoms with van der Waals surface area (Å²) < 4.78 is 14.9. The van der Waals surface area contributed by atoms with E-state index in [-0.39, 0.29) is 19.2 Å². The molecule has 0 aromatic heterocycles. The second-order valence-corrected chi connectivity index (χ2v) is 5.88. The van der Waals surface area contributed by atoms with E-state index in [1.165, 1.54) is 13.8 Å². The van der Waals surface area contributed by atoms with Crippen LogP contribution in [0.1, 0.15) is 45.1 Å². The van der Waals surface area contributed by atoms with Gasteiger partial charge in [0.25, 0.3) is 0 Å². The Morgan fingerprint density at radius 3 is 2.31 bits per heavy atom. The monoisotopic (exact) mass is 366 g/mol. The highest BCUT2D eigenvalue weighted by molar-refractivity contribution is 5.80. The van der Waals surface area contributed by atoms with Crippen LogP contribution in [0.25, 0.3) is 0 Å².